The monoisotopic (exact) mass is 272 g/mol. The summed E-state index contributed by atoms with van der Waals surface area (Å²) >= 11 is 0. The van der Waals surface area contributed by atoms with Crippen LogP contribution in [0.4, 0.5) is 0 Å². The number of aromatic nitrogens is 2. The Morgan fingerprint density at radius 3 is 2.89 bits per heavy atom. The van der Waals surface area contributed by atoms with E-state index in [0.29, 0.717) is 0 Å². The second-order valence-corrected chi connectivity index (χ2v) is 4.74. The van der Waals surface area contributed by atoms with Crippen molar-refractivity contribution in [1.29, 1.82) is 0 Å². The summed E-state index contributed by atoms with van der Waals surface area (Å²) in [7, 11) is -2.80. The zero-order chi connectivity index (χ0) is 13.2. The Balaban J connectivity index is 2.58. The van der Waals surface area contributed by atoms with Gasteiger partial charge in [-0.15, -0.1) is 0 Å². The van der Waals surface area contributed by atoms with Crippen molar-refractivity contribution in [2.24, 2.45) is 16.6 Å². The number of oxime groups is 1. The summed E-state index contributed by atoms with van der Waals surface area (Å²) in [4.78, 5) is 14.9. The summed E-state index contributed by atoms with van der Waals surface area (Å²) in [5.74, 6) is -0.0194. The van der Waals surface area contributed by atoms with Gasteiger partial charge in [-0.05, 0) is 5.16 Å². The van der Waals surface area contributed by atoms with Gasteiger partial charge in [-0.25, -0.2) is 4.79 Å². The van der Waals surface area contributed by atoms with E-state index in [0.717, 1.165) is 10.8 Å². The van der Waals surface area contributed by atoms with Crippen LogP contribution in [0.15, 0.2) is 20.8 Å². The van der Waals surface area contributed by atoms with E-state index in [4.69, 9.17) is 9.57 Å². The minimum Gasteiger partial charge on any atom is -0.471 e. The van der Waals surface area contributed by atoms with Crippen LogP contribution in [0, 0.1) is 0 Å². The molecule has 0 spiro atoms. The van der Waals surface area contributed by atoms with Gasteiger partial charge in [0.05, 0.1) is 11.8 Å². The van der Waals surface area contributed by atoms with Crippen molar-refractivity contribution in [2.45, 2.75) is 5.03 Å². The maximum Gasteiger partial charge on any atom is 0.310 e. The first-order chi connectivity index (χ1) is 8.56. The molecule has 0 saturated carbocycles. The highest BCUT2D eigenvalue weighted by Crippen LogP contribution is 2.19. The summed E-state index contributed by atoms with van der Waals surface area (Å²) < 4.78 is 32.4. The number of hydrogen-bond donors (Lipinski definition) is 0. The van der Waals surface area contributed by atoms with Gasteiger partial charge in [0.2, 0.25) is 0 Å². The lowest BCUT2D eigenvalue weighted by Crippen LogP contribution is -2.19. The first-order valence-corrected chi connectivity index (χ1v) is 6.19. The van der Waals surface area contributed by atoms with Crippen molar-refractivity contribution in [2.75, 3.05) is 13.2 Å². The molecule has 9 nitrogen and oxygen atoms in total. The molecule has 0 aromatic carbocycles. The van der Waals surface area contributed by atoms with Crippen molar-refractivity contribution in [3.05, 3.63) is 11.8 Å². The van der Waals surface area contributed by atoms with Crippen LogP contribution in [0.2, 0.25) is 0 Å². The SMILES string of the molecule is Cn1ncc(C2=NOCCO2)c1S(=O)(=O)N=C=O. The second-order valence-electron chi connectivity index (χ2n) is 3.22. The average molecular weight is 272 g/mol. The first-order valence-electron chi connectivity index (χ1n) is 4.75. The number of aryl methyl sites for hydroxylation is 1. The molecule has 18 heavy (non-hydrogen) atoms. The molecule has 10 heteroatoms. The van der Waals surface area contributed by atoms with Crippen LogP contribution in [-0.2, 0) is 31.4 Å². The lowest BCUT2D eigenvalue weighted by atomic mass is 10.3. The van der Waals surface area contributed by atoms with E-state index >= 15 is 0 Å². The predicted molar refractivity (Wildman–Crippen MR) is 57.0 cm³/mol. The highest BCUT2D eigenvalue weighted by atomic mass is 32.2. The van der Waals surface area contributed by atoms with Gasteiger partial charge in [0.15, 0.2) is 11.6 Å². The molecular weight excluding hydrogens is 264 g/mol. The number of sulfonamides is 1. The fourth-order valence-electron chi connectivity index (χ4n) is 1.40. The van der Waals surface area contributed by atoms with Crippen LogP contribution < -0.4 is 0 Å². The number of carbonyl (C=O) groups excluding carboxylic acids is 1. The van der Waals surface area contributed by atoms with Gasteiger partial charge in [-0.3, -0.25) is 4.68 Å². The predicted octanol–water partition coefficient (Wildman–Crippen LogP) is -0.847. The smallest absolute Gasteiger partial charge is 0.310 e. The molecule has 0 unspecified atom stereocenters. The fraction of sp³-hybridized carbons (Fsp3) is 0.375. The third-order valence-electron chi connectivity index (χ3n) is 2.08. The summed E-state index contributed by atoms with van der Waals surface area (Å²) in [6, 6.07) is 0. The zero-order valence-electron chi connectivity index (χ0n) is 9.23. The fourth-order valence-corrected chi connectivity index (χ4v) is 2.39. The van der Waals surface area contributed by atoms with Crippen LogP contribution in [0.5, 0.6) is 0 Å². The molecule has 96 valence electrons. The van der Waals surface area contributed by atoms with Gasteiger partial charge in [0, 0.05) is 7.05 Å². The van der Waals surface area contributed by atoms with Crippen molar-refractivity contribution in [3.8, 4) is 0 Å². The van der Waals surface area contributed by atoms with E-state index in [1.165, 1.54) is 13.2 Å². The Hall–Kier alpha value is -2.19. The molecule has 1 aliphatic heterocycles. The minimum absolute atomic E-state index is 0.0194. The maximum absolute atomic E-state index is 11.7. The molecule has 0 N–H and O–H groups in total. The molecule has 0 aliphatic carbocycles. The molecule has 0 atom stereocenters. The Kier molecular flexibility index (Phi) is 3.13. The highest BCUT2D eigenvalue weighted by Gasteiger charge is 2.28. The van der Waals surface area contributed by atoms with E-state index in [-0.39, 0.29) is 29.7 Å². The summed E-state index contributed by atoms with van der Waals surface area (Å²) in [5.41, 5.74) is 0.0798. The van der Waals surface area contributed by atoms with Gasteiger partial charge < -0.3 is 9.57 Å². The van der Waals surface area contributed by atoms with Crippen LogP contribution in [0.3, 0.4) is 0 Å². The van der Waals surface area contributed by atoms with Crippen molar-refractivity contribution in [1.82, 2.24) is 9.78 Å². The molecule has 0 amide bonds. The highest BCUT2D eigenvalue weighted by molar-refractivity contribution is 7.90. The van der Waals surface area contributed by atoms with Crippen LogP contribution in [0.25, 0.3) is 0 Å². The average Bonchev–Trinajstić information content (AvgIpc) is 2.73. The largest absolute Gasteiger partial charge is 0.471 e. The lowest BCUT2D eigenvalue weighted by molar-refractivity contribution is 0.0653. The molecule has 0 fully saturated rings. The molecule has 0 bridgehead atoms. The summed E-state index contributed by atoms with van der Waals surface area (Å²) in [6.07, 6.45) is 2.22. The van der Waals surface area contributed by atoms with Crippen LogP contribution in [-0.4, -0.2) is 43.4 Å². The quantitative estimate of drug-likeness (QED) is 0.523. The van der Waals surface area contributed by atoms with E-state index in [9.17, 15) is 13.2 Å². The van der Waals surface area contributed by atoms with E-state index < -0.39 is 10.0 Å². The van der Waals surface area contributed by atoms with Crippen LogP contribution in [0.1, 0.15) is 5.56 Å². The zero-order valence-corrected chi connectivity index (χ0v) is 10.0. The van der Waals surface area contributed by atoms with Gasteiger partial charge in [0.1, 0.15) is 6.61 Å². The van der Waals surface area contributed by atoms with Gasteiger partial charge >= 0.3 is 10.0 Å². The molecular formula is C8H8N4O5S. The third kappa shape index (κ3) is 2.11. The number of ether oxygens (including phenoxy) is 1. The third-order valence-corrected chi connectivity index (χ3v) is 3.37. The number of nitrogens with zero attached hydrogens (tertiary/aromatic N) is 4. The van der Waals surface area contributed by atoms with E-state index in [1.807, 2.05) is 0 Å². The van der Waals surface area contributed by atoms with Gasteiger partial charge in [-0.2, -0.15) is 13.5 Å². The van der Waals surface area contributed by atoms with Crippen LogP contribution >= 0.6 is 0 Å². The van der Waals surface area contributed by atoms with Gasteiger partial charge in [0.25, 0.3) is 12.0 Å². The lowest BCUT2D eigenvalue weighted by Gasteiger charge is -2.12. The molecule has 1 aliphatic rings. The maximum atomic E-state index is 11.7. The van der Waals surface area contributed by atoms with E-state index in [2.05, 4.69) is 14.7 Å². The molecule has 2 rings (SSSR count). The molecule has 2 heterocycles. The minimum atomic E-state index is -4.19. The Morgan fingerprint density at radius 2 is 2.28 bits per heavy atom. The molecule has 0 saturated heterocycles. The van der Waals surface area contributed by atoms with Crippen molar-refractivity contribution in [3.63, 3.8) is 0 Å². The number of rotatable bonds is 3. The molecule has 1 aromatic rings. The summed E-state index contributed by atoms with van der Waals surface area (Å²) in [5, 5.41) is 7.05. The van der Waals surface area contributed by atoms with E-state index in [1.54, 1.807) is 0 Å². The molecule has 1 aromatic heterocycles. The van der Waals surface area contributed by atoms with Gasteiger partial charge in [-0.1, -0.05) is 4.40 Å². The standard InChI is InChI=1S/C8H8N4O5S/c1-12-8(18(14,15)10-5-13)6(4-9-12)7-11-17-3-2-16-7/h4H,2-3H2,1H3. The Bertz CT molecular complexity index is 640. The first kappa shape index (κ1) is 12.3. The van der Waals surface area contributed by atoms with Crippen molar-refractivity contribution < 1.29 is 22.8 Å². The number of isocyanates is 1. The topological polar surface area (TPSA) is 112 Å². The Labute approximate surface area is 102 Å². The Morgan fingerprint density at radius 1 is 1.50 bits per heavy atom. The summed E-state index contributed by atoms with van der Waals surface area (Å²) in [6.45, 7) is 0.516. The normalized spacial score (nSPS) is 15.1. The number of hydrogen-bond acceptors (Lipinski definition) is 7. The molecule has 0 radical (unpaired) electrons. The van der Waals surface area contributed by atoms with Crippen molar-refractivity contribution >= 4 is 22.0 Å². The second kappa shape index (κ2) is 4.59.